The van der Waals surface area contributed by atoms with Crippen molar-refractivity contribution < 1.29 is 8.78 Å². The largest absolute Gasteiger partial charge is 0.384 e. The molecule has 2 nitrogen and oxygen atoms in total. The summed E-state index contributed by atoms with van der Waals surface area (Å²) >= 11 is 0. The topological polar surface area (TPSA) is 15.3 Å². The predicted molar refractivity (Wildman–Crippen MR) is 79.9 cm³/mol. The second kappa shape index (κ2) is 5.86. The van der Waals surface area contributed by atoms with Gasteiger partial charge in [-0.2, -0.15) is 0 Å². The van der Waals surface area contributed by atoms with Gasteiger partial charge in [-0.15, -0.1) is 12.4 Å². The van der Waals surface area contributed by atoms with Gasteiger partial charge in [-0.1, -0.05) is 25.1 Å². The van der Waals surface area contributed by atoms with Crippen molar-refractivity contribution in [2.75, 3.05) is 25.0 Å². The molecule has 112 valence electrons. The van der Waals surface area contributed by atoms with Gasteiger partial charge >= 0.3 is 0 Å². The van der Waals surface area contributed by atoms with Crippen LogP contribution in [0.5, 0.6) is 0 Å². The van der Waals surface area contributed by atoms with Crippen LogP contribution in [0, 0.1) is 5.92 Å². The monoisotopic (exact) mass is 302 g/mol. The zero-order valence-corrected chi connectivity index (χ0v) is 12.5. The Kier molecular flexibility index (Phi) is 4.55. The lowest BCUT2D eigenvalue weighted by Gasteiger charge is -2.37. The Morgan fingerprint density at radius 2 is 2.20 bits per heavy atom. The molecular weight excluding hydrogens is 282 g/mol. The van der Waals surface area contributed by atoms with Crippen LogP contribution in [-0.4, -0.2) is 30.5 Å². The van der Waals surface area contributed by atoms with Gasteiger partial charge in [-0.3, -0.25) is 4.90 Å². The van der Waals surface area contributed by atoms with Crippen molar-refractivity contribution in [1.29, 1.82) is 0 Å². The first-order chi connectivity index (χ1) is 9.06. The molecule has 0 saturated carbocycles. The lowest BCUT2D eigenvalue weighted by Crippen LogP contribution is -2.47. The van der Waals surface area contributed by atoms with E-state index in [9.17, 15) is 8.78 Å². The maximum absolute atomic E-state index is 13.8. The highest BCUT2D eigenvalue weighted by molar-refractivity contribution is 5.85. The van der Waals surface area contributed by atoms with Gasteiger partial charge in [0.1, 0.15) is 0 Å². The van der Waals surface area contributed by atoms with E-state index in [0.29, 0.717) is 13.0 Å². The van der Waals surface area contributed by atoms with Crippen molar-refractivity contribution in [2.24, 2.45) is 5.92 Å². The van der Waals surface area contributed by atoms with Crippen molar-refractivity contribution in [3.8, 4) is 0 Å². The summed E-state index contributed by atoms with van der Waals surface area (Å²) in [6.45, 7) is 3.88. The van der Waals surface area contributed by atoms with Gasteiger partial charge in [-0.05, 0) is 30.5 Å². The summed E-state index contributed by atoms with van der Waals surface area (Å²) in [4.78, 5) is 1.88. The van der Waals surface area contributed by atoms with Crippen LogP contribution >= 0.6 is 12.4 Å². The van der Waals surface area contributed by atoms with E-state index in [1.807, 2.05) is 17.0 Å². The van der Waals surface area contributed by atoms with Gasteiger partial charge < -0.3 is 5.32 Å². The van der Waals surface area contributed by atoms with Crippen molar-refractivity contribution in [3.05, 3.63) is 29.3 Å². The van der Waals surface area contributed by atoms with Crippen molar-refractivity contribution in [2.45, 2.75) is 32.2 Å². The van der Waals surface area contributed by atoms with E-state index >= 15 is 0 Å². The maximum atomic E-state index is 13.8. The van der Waals surface area contributed by atoms with Crippen LogP contribution in [-0.2, 0) is 13.0 Å². The standard InChI is InChI=1S/C15H20F2N2.ClH/c1-11-6-8-19(10-15(11,16)17)9-13-4-2-3-12-5-7-18-14(12)13;/h2-4,11,18H,5-10H2,1H3;1H. The third-order valence-electron chi connectivity index (χ3n) is 4.36. The summed E-state index contributed by atoms with van der Waals surface area (Å²) < 4.78 is 27.5. The van der Waals surface area contributed by atoms with E-state index in [-0.39, 0.29) is 19.0 Å². The number of likely N-dealkylation sites (tertiary alicyclic amines) is 1. The first kappa shape index (κ1) is 15.5. The molecule has 1 aromatic carbocycles. The highest BCUT2D eigenvalue weighted by Crippen LogP contribution is 2.34. The predicted octanol–water partition coefficient (Wildman–Crippen LogP) is 3.55. The third-order valence-corrected chi connectivity index (χ3v) is 4.36. The number of piperidine rings is 1. The molecule has 1 saturated heterocycles. The summed E-state index contributed by atoms with van der Waals surface area (Å²) in [6, 6.07) is 6.20. The molecule has 0 amide bonds. The molecule has 3 rings (SSSR count). The minimum absolute atomic E-state index is 0. The number of alkyl halides is 2. The maximum Gasteiger partial charge on any atom is 0.263 e. The molecule has 1 aromatic rings. The molecule has 0 radical (unpaired) electrons. The molecule has 0 aliphatic carbocycles. The third kappa shape index (κ3) is 2.91. The van der Waals surface area contributed by atoms with Crippen molar-refractivity contribution in [3.63, 3.8) is 0 Å². The van der Waals surface area contributed by atoms with Crippen LogP contribution < -0.4 is 5.32 Å². The van der Waals surface area contributed by atoms with Gasteiger partial charge in [-0.25, -0.2) is 8.78 Å². The minimum Gasteiger partial charge on any atom is -0.384 e. The van der Waals surface area contributed by atoms with E-state index in [0.717, 1.165) is 25.1 Å². The average Bonchev–Trinajstić information content (AvgIpc) is 2.83. The fraction of sp³-hybridized carbons (Fsp3) is 0.600. The van der Waals surface area contributed by atoms with Gasteiger partial charge in [0.15, 0.2) is 0 Å². The molecule has 1 N–H and O–H groups in total. The Morgan fingerprint density at radius 3 is 2.95 bits per heavy atom. The van der Waals surface area contributed by atoms with Crippen molar-refractivity contribution >= 4 is 18.1 Å². The summed E-state index contributed by atoms with van der Waals surface area (Å²) in [5, 5.41) is 3.37. The first-order valence-corrected chi connectivity index (χ1v) is 7.01. The fourth-order valence-corrected chi connectivity index (χ4v) is 3.04. The van der Waals surface area contributed by atoms with E-state index in [1.54, 1.807) is 6.92 Å². The number of hydrogen-bond acceptors (Lipinski definition) is 2. The Labute approximate surface area is 124 Å². The van der Waals surface area contributed by atoms with Crippen LogP contribution in [0.15, 0.2) is 18.2 Å². The quantitative estimate of drug-likeness (QED) is 0.899. The molecule has 1 atom stereocenters. The number of rotatable bonds is 2. The average molecular weight is 303 g/mol. The molecule has 20 heavy (non-hydrogen) atoms. The number of fused-ring (bicyclic) bond motifs is 1. The van der Waals surface area contributed by atoms with Crippen LogP contribution in [0.1, 0.15) is 24.5 Å². The highest BCUT2D eigenvalue weighted by atomic mass is 35.5. The normalized spacial score (nSPS) is 24.6. The fourth-order valence-electron chi connectivity index (χ4n) is 3.04. The zero-order chi connectivity index (χ0) is 13.5. The van der Waals surface area contributed by atoms with Gasteiger partial charge in [0.25, 0.3) is 5.92 Å². The summed E-state index contributed by atoms with van der Waals surface area (Å²) in [5.74, 6) is -3.05. The number of nitrogens with one attached hydrogen (secondary N) is 1. The molecule has 2 aliphatic rings. The van der Waals surface area contributed by atoms with E-state index in [1.165, 1.54) is 11.3 Å². The van der Waals surface area contributed by atoms with E-state index in [4.69, 9.17) is 0 Å². The molecule has 0 spiro atoms. The first-order valence-electron chi connectivity index (χ1n) is 7.01. The summed E-state index contributed by atoms with van der Waals surface area (Å²) in [5.41, 5.74) is 3.64. The van der Waals surface area contributed by atoms with Crippen LogP contribution in [0.3, 0.4) is 0 Å². The minimum atomic E-state index is -2.55. The molecule has 1 unspecified atom stereocenters. The summed E-state index contributed by atoms with van der Waals surface area (Å²) in [7, 11) is 0. The molecule has 1 fully saturated rings. The van der Waals surface area contributed by atoms with Crippen LogP contribution in [0.2, 0.25) is 0 Å². The highest BCUT2D eigenvalue weighted by Gasteiger charge is 2.41. The number of benzene rings is 1. The van der Waals surface area contributed by atoms with Crippen molar-refractivity contribution in [1.82, 2.24) is 4.90 Å². The SMILES string of the molecule is CC1CCN(Cc2cccc3c2NCC3)CC1(F)F.Cl. The number of para-hydroxylation sites is 1. The van der Waals surface area contributed by atoms with Crippen LogP contribution in [0.4, 0.5) is 14.5 Å². The number of halogens is 3. The number of nitrogens with zero attached hydrogens (tertiary/aromatic N) is 1. The van der Waals surface area contributed by atoms with Crippen LogP contribution in [0.25, 0.3) is 0 Å². The Morgan fingerprint density at radius 1 is 1.40 bits per heavy atom. The molecule has 0 bridgehead atoms. The Bertz CT molecular complexity index is 479. The second-order valence-electron chi connectivity index (χ2n) is 5.79. The number of hydrogen-bond donors (Lipinski definition) is 1. The van der Waals surface area contributed by atoms with Gasteiger partial charge in [0.2, 0.25) is 0 Å². The lowest BCUT2D eigenvalue weighted by atomic mass is 9.94. The Hall–Kier alpha value is -0.870. The molecule has 2 heterocycles. The number of anilines is 1. The Balaban J connectivity index is 0.00000147. The van der Waals surface area contributed by atoms with E-state index in [2.05, 4.69) is 11.4 Å². The smallest absolute Gasteiger partial charge is 0.263 e. The zero-order valence-electron chi connectivity index (χ0n) is 11.7. The van der Waals surface area contributed by atoms with Gasteiger partial charge in [0.05, 0.1) is 6.54 Å². The molecule has 2 aliphatic heterocycles. The van der Waals surface area contributed by atoms with E-state index < -0.39 is 11.8 Å². The lowest BCUT2D eigenvalue weighted by molar-refractivity contribution is -0.106. The van der Waals surface area contributed by atoms with Gasteiger partial charge in [0, 0.05) is 24.7 Å². The summed E-state index contributed by atoms with van der Waals surface area (Å²) in [6.07, 6.45) is 1.62. The molecule has 5 heteroatoms. The second-order valence-corrected chi connectivity index (χ2v) is 5.79. The molecular formula is C15H21ClF2N2. The molecule has 0 aromatic heterocycles.